The van der Waals surface area contributed by atoms with E-state index in [9.17, 15) is 4.79 Å². The Hall–Kier alpha value is -1.71. The molecule has 1 unspecified atom stereocenters. The van der Waals surface area contributed by atoms with Crippen molar-refractivity contribution in [2.24, 2.45) is 0 Å². The molecule has 1 aromatic carbocycles. The summed E-state index contributed by atoms with van der Waals surface area (Å²) in [4.78, 5) is 11.7. The van der Waals surface area contributed by atoms with E-state index in [0.29, 0.717) is 6.54 Å². The lowest BCUT2D eigenvalue weighted by atomic mass is 10.2. The topological polar surface area (TPSA) is 50.4 Å². The summed E-state index contributed by atoms with van der Waals surface area (Å²) in [6.07, 6.45) is 2.08. The van der Waals surface area contributed by atoms with Gasteiger partial charge in [0.2, 0.25) is 5.91 Å². The maximum Gasteiger partial charge on any atom is 0.239 e. The fraction of sp³-hybridized carbons (Fsp3) is 0.533. The van der Waals surface area contributed by atoms with Crippen LogP contribution >= 0.6 is 0 Å². The molecule has 1 amide bonds. The Morgan fingerprint density at radius 3 is 2.74 bits per heavy atom. The van der Waals surface area contributed by atoms with Gasteiger partial charge in [-0.05, 0) is 44.0 Å². The molecule has 0 saturated carbocycles. The van der Waals surface area contributed by atoms with E-state index in [1.165, 1.54) is 0 Å². The predicted octanol–water partition coefficient (Wildman–Crippen LogP) is 2.72. The van der Waals surface area contributed by atoms with Crippen LogP contribution in [-0.2, 0) is 4.79 Å². The zero-order valence-corrected chi connectivity index (χ0v) is 12.2. The highest BCUT2D eigenvalue weighted by Crippen LogP contribution is 2.21. The average Bonchev–Trinajstić information content (AvgIpc) is 2.36. The number of benzene rings is 1. The van der Waals surface area contributed by atoms with Gasteiger partial charge >= 0.3 is 0 Å². The van der Waals surface area contributed by atoms with E-state index in [2.05, 4.69) is 17.6 Å². The second-order valence-electron chi connectivity index (χ2n) is 4.80. The summed E-state index contributed by atoms with van der Waals surface area (Å²) < 4.78 is 5.20. The molecule has 0 aliphatic carbocycles. The molecule has 106 valence electrons. The molecule has 0 bridgehead atoms. The number of carbonyl (C=O) groups is 1. The van der Waals surface area contributed by atoms with Gasteiger partial charge in [-0.2, -0.15) is 0 Å². The second kappa shape index (κ2) is 7.67. The highest BCUT2D eigenvalue weighted by Gasteiger charge is 2.06. The molecule has 19 heavy (non-hydrogen) atoms. The number of ether oxygens (including phenoxy) is 1. The van der Waals surface area contributed by atoms with E-state index in [0.717, 1.165) is 29.8 Å². The Morgan fingerprint density at radius 2 is 2.16 bits per heavy atom. The van der Waals surface area contributed by atoms with Crippen molar-refractivity contribution in [3.05, 3.63) is 23.8 Å². The quantitative estimate of drug-likeness (QED) is 0.796. The predicted molar refractivity (Wildman–Crippen MR) is 78.7 cm³/mol. The molecule has 1 aromatic rings. The molecule has 2 N–H and O–H groups in total. The first-order valence-corrected chi connectivity index (χ1v) is 6.74. The zero-order chi connectivity index (χ0) is 14.3. The summed E-state index contributed by atoms with van der Waals surface area (Å²) in [5.41, 5.74) is 1.98. The van der Waals surface area contributed by atoms with Crippen LogP contribution in [0.1, 0.15) is 32.3 Å². The zero-order valence-electron chi connectivity index (χ0n) is 12.2. The highest BCUT2D eigenvalue weighted by atomic mass is 16.5. The van der Waals surface area contributed by atoms with Gasteiger partial charge in [0.1, 0.15) is 5.75 Å². The summed E-state index contributed by atoms with van der Waals surface area (Å²) in [5, 5.41) is 6.08. The molecule has 0 spiro atoms. The molecule has 4 heteroatoms. The maximum atomic E-state index is 11.7. The largest absolute Gasteiger partial charge is 0.496 e. The van der Waals surface area contributed by atoms with Gasteiger partial charge in [0.15, 0.2) is 0 Å². The summed E-state index contributed by atoms with van der Waals surface area (Å²) >= 11 is 0. The van der Waals surface area contributed by atoms with Crippen LogP contribution in [0, 0.1) is 6.92 Å². The second-order valence-corrected chi connectivity index (χ2v) is 4.80. The molecule has 0 fully saturated rings. The molecule has 1 rings (SSSR count). The van der Waals surface area contributed by atoms with Gasteiger partial charge in [-0.3, -0.25) is 4.79 Å². The van der Waals surface area contributed by atoms with Crippen molar-refractivity contribution >= 4 is 11.6 Å². The van der Waals surface area contributed by atoms with Crippen molar-refractivity contribution in [3.63, 3.8) is 0 Å². The SMILES string of the molecule is CCCC(C)NC(=O)CNc1ccc(OC)c(C)c1. The number of hydrogen-bond acceptors (Lipinski definition) is 3. The third-order valence-electron chi connectivity index (χ3n) is 2.98. The normalized spacial score (nSPS) is 11.8. The van der Waals surface area contributed by atoms with Crippen molar-refractivity contribution in [2.45, 2.75) is 39.7 Å². The summed E-state index contributed by atoms with van der Waals surface area (Å²) in [7, 11) is 1.65. The lowest BCUT2D eigenvalue weighted by Crippen LogP contribution is -2.36. The van der Waals surface area contributed by atoms with E-state index in [1.54, 1.807) is 7.11 Å². The molecule has 1 atom stereocenters. The number of rotatable bonds is 7. The fourth-order valence-corrected chi connectivity index (χ4v) is 2.00. The van der Waals surface area contributed by atoms with Crippen LogP contribution < -0.4 is 15.4 Å². The van der Waals surface area contributed by atoms with Crippen LogP contribution in [0.25, 0.3) is 0 Å². The molecule has 0 aromatic heterocycles. The molecular formula is C15H24N2O2. The van der Waals surface area contributed by atoms with Crippen LogP contribution in [0.15, 0.2) is 18.2 Å². The standard InChI is InChI=1S/C15H24N2O2/c1-5-6-12(3)17-15(18)10-16-13-7-8-14(19-4)11(2)9-13/h7-9,12,16H,5-6,10H2,1-4H3,(H,17,18). The van der Waals surface area contributed by atoms with Gasteiger partial charge in [-0.1, -0.05) is 13.3 Å². The van der Waals surface area contributed by atoms with Crippen LogP contribution in [0.2, 0.25) is 0 Å². The van der Waals surface area contributed by atoms with E-state index in [1.807, 2.05) is 32.0 Å². The molecular weight excluding hydrogens is 240 g/mol. The minimum Gasteiger partial charge on any atom is -0.496 e. The first-order chi connectivity index (χ1) is 9.06. The van der Waals surface area contributed by atoms with Gasteiger partial charge in [-0.15, -0.1) is 0 Å². The van der Waals surface area contributed by atoms with Crippen LogP contribution in [-0.4, -0.2) is 25.6 Å². The number of nitrogens with one attached hydrogen (secondary N) is 2. The highest BCUT2D eigenvalue weighted by molar-refractivity contribution is 5.81. The van der Waals surface area contributed by atoms with Crippen LogP contribution in [0.4, 0.5) is 5.69 Å². The van der Waals surface area contributed by atoms with E-state index in [4.69, 9.17) is 4.74 Å². The average molecular weight is 264 g/mol. The van der Waals surface area contributed by atoms with Crippen LogP contribution in [0.3, 0.4) is 0 Å². The van der Waals surface area contributed by atoms with Crippen molar-refractivity contribution in [3.8, 4) is 5.75 Å². The first kappa shape index (κ1) is 15.3. The van der Waals surface area contributed by atoms with Crippen molar-refractivity contribution in [1.29, 1.82) is 0 Å². The summed E-state index contributed by atoms with van der Waals surface area (Å²) in [5.74, 6) is 0.876. The molecule has 0 aliphatic heterocycles. The molecule has 0 heterocycles. The Kier molecular flexibility index (Phi) is 6.19. The summed E-state index contributed by atoms with van der Waals surface area (Å²) in [6.45, 7) is 6.41. The minimum absolute atomic E-state index is 0.0226. The van der Waals surface area contributed by atoms with Gasteiger partial charge in [-0.25, -0.2) is 0 Å². The van der Waals surface area contributed by atoms with Gasteiger partial charge in [0, 0.05) is 11.7 Å². The molecule has 0 radical (unpaired) electrons. The van der Waals surface area contributed by atoms with E-state index < -0.39 is 0 Å². The third kappa shape index (κ3) is 5.20. The van der Waals surface area contributed by atoms with E-state index in [-0.39, 0.29) is 11.9 Å². The number of hydrogen-bond donors (Lipinski definition) is 2. The first-order valence-electron chi connectivity index (χ1n) is 6.74. The Balaban J connectivity index is 2.44. The number of amides is 1. The van der Waals surface area contributed by atoms with Gasteiger partial charge < -0.3 is 15.4 Å². The number of methoxy groups -OCH3 is 1. The van der Waals surface area contributed by atoms with E-state index >= 15 is 0 Å². The molecule has 0 aliphatic rings. The summed E-state index contributed by atoms with van der Waals surface area (Å²) in [6, 6.07) is 6.02. The maximum absolute atomic E-state index is 11.7. The van der Waals surface area contributed by atoms with Crippen molar-refractivity contribution in [2.75, 3.05) is 19.0 Å². The minimum atomic E-state index is 0.0226. The number of anilines is 1. The lowest BCUT2D eigenvalue weighted by molar-refractivity contribution is -0.120. The smallest absolute Gasteiger partial charge is 0.239 e. The molecule has 4 nitrogen and oxygen atoms in total. The van der Waals surface area contributed by atoms with Crippen molar-refractivity contribution < 1.29 is 9.53 Å². The third-order valence-corrected chi connectivity index (χ3v) is 2.98. The number of aryl methyl sites for hydroxylation is 1. The Labute approximate surface area is 115 Å². The Morgan fingerprint density at radius 1 is 1.42 bits per heavy atom. The van der Waals surface area contributed by atoms with Crippen LogP contribution in [0.5, 0.6) is 5.75 Å². The van der Waals surface area contributed by atoms with Crippen molar-refractivity contribution in [1.82, 2.24) is 5.32 Å². The molecule has 0 saturated heterocycles. The Bertz CT molecular complexity index is 419. The van der Waals surface area contributed by atoms with Gasteiger partial charge in [0.25, 0.3) is 0 Å². The fourth-order valence-electron chi connectivity index (χ4n) is 2.00. The lowest BCUT2D eigenvalue weighted by Gasteiger charge is -2.14. The number of carbonyl (C=O) groups excluding carboxylic acids is 1. The van der Waals surface area contributed by atoms with Gasteiger partial charge in [0.05, 0.1) is 13.7 Å². The monoisotopic (exact) mass is 264 g/mol.